The maximum Gasteiger partial charge on any atom is 0.271 e. The summed E-state index contributed by atoms with van der Waals surface area (Å²) >= 11 is 3.41. The fourth-order valence-electron chi connectivity index (χ4n) is 1.76. The van der Waals surface area contributed by atoms with Crippen LogP contribution in [0.3, 0.4) is 0 Å². The number of carbonyl (C=O) groups excluding carboxylic acids is 1. The maximum atomic E-state index is 12.0. The molecule has 1 N–H and O–H groups in total. The second kappa shape index (κ2) is 6.48. The molecular weight excluding hydrogens is 316 g/mol. The van der Waals surface area contributed by atoms with E-state index in [1.165, 1.54) is 0 Å². The average Bonchev–Trinajstić information content (AvgIpc) is 2.44. The Kier molecular flexibility index (Phi) is 4.69. The first-order chi connectivity index (χ1) is 9.56. The number of hydrogen-bond acceptors (Lipinski definition) is 2. The number of rotatable bonds is 3. The molecule has 0 saturated carbocycles. The van der Waals surface area contributed by atoms with Crippen LogP contribution in [0, 0.1) is 6.92 Å². The van der Waals surface area contributed by atoms with Gasteiger partial charge in [0.2, 0.25) is 0 Å². The van der Waals surface area contributed by atoms with Crippen molar-refractivity contribution in [3.05, 3.63) is 69.7 Å². The number of aryl methyl sites for hydroxylation is 1. The first-order valence-electron chi connectivity index (χ1n) is 6.23. The van der Waals surface area contributed by atoms with Crippen LogP contribution in [-0.4, -0.2) is 11.6 Å². The van der Waals surface area contributed by atoms with Gasteiger partial charge in [-0.1, -0.05) is 45.8 Å². The van der Waals surface area contributed by atoms with Crippen LogP contribution in [0.5, 0.6) is 0 Å². The summed E-state index contributed by atoms with van der Waals surface area (Å²) in [6, 6.07) is 15.2. The van der Waals surface area contributed by atoms with Crippen LogP contribution in [0.4, 0.5) is 0 Å². The molecule has 20 heavy (non-hydrogen) atoms. The SMILES string of the molecule is C/C(=N\NC(=O)c1cccc(C)c1)c1cccc(Br)c1. The molecule has 0 atom stereocenters. The lowest BCUT2D eigenvalue weighted by Gasteiger charge is -2.04. The lowest BCUT2D eigenvalue weighted by atomic mass is 10.1. The minimum absolute atomic E-state index is 0.206. The van der Waals surface area contributed by atoms with Crippen molar-refractivity contribution in [3.63, 3.8) is 0 Å². The number of hydrazone groups is 1. The van der Waals surface area contributed by atoms with Gasteiger partial charge in [0.15, 0.2) is 0 Å². The largest absolute Gasteiger partial charge is 0.271 e. The molecule has 0 aliphatic carbocycles. The summed E-state index contributed by atoms with van der Waals surface area (Å²) in [5.74, 6) is -0.206. The molecule has 0 aliphatic rings. The van der Waals surface area contributed by atoms with Gasteiger partial charge in [0.25, 0.3) is 5.91 Å². The summed E-state index contributed by atoms with van der Waals surface area (Å²) in [6.07, 6.45) is 0. The van der Waals surface area contributed by atoms with Crippen LogP contribution >= 0.6 is 15.9 Å². The third-order valence-electron chi connectivity index (χ3n) is 2.85. The van der Waals surface area contributed by atoms with Gasteiger partial charge in [0.05, 0.1) is 5.71 Å². The zero-order valence-corrected chi connectivity index (χ0v) is 12.9. The van der Waals surface area contributed by atoms with Crippen LogP contribution in [0.15, 0.2) is 58.1 Å². The van der Waals surface area contributed by atoms with Crippen LogP contribution in [0.25, 0.3) is 0 Å². The zero-order chi connectivity index (χ0) is 14.5. The van der Waals surface area contributed by atoms with E-state index in [-0.39, 0.29) is 5.91 Å². The van der Waals surface area contributed by atoms with Crippen molar-refractivity contribution in [1.82, 2.24) is 5.43 Å². The van der Waals surface area contributed by atoms with E-state index >= 15 is 0 Å². The Morgan fingerprint density at radius 3 is 2.50 bits per heavy atom. The normalized spacial score (nSPS) is 11.2. The Bertz CT molecular complexity index is 665. The summed E-state index contributed by atoms with van der Waals surface area (Å²) in [6.45, 7) is 3.81. The molecule has 0 unspecified atom stereocenters. The molecule has 0 saturated heterocycles. The molecule has 2 aromatic carbocycles. The molecule has 0 aliphatic heterocycles. The fourth-order valence-corrected chi connectivity index (χ4v) is 2.16. The molecule has 0 heterocycles. The smallest absolute Gasteiger partial charge is 0.267 e. The highest BCUT2D eigenvalue weighted by Crippen LogP contribution is 2.12. The van der Waals surface area contributed by atoms with Crippen molar-refractivity contribution in [3.8, 4) is 0 Å². The number of hydrogen-bond donors (Lipinski definition) is 1. The Morgan fingerprint density at radius 1 is 1.10 bits per heavy atom. The monoisotopic (exact) mass is 330 g/mol. The van der Waals surface area contributed by atoms with E-state index in [0.717, 1.165) is 21.3 Å². The van der Waals surface area contributed by atoms with Gasteiger partial charge >= 0.3 is 0 Å². The molecule has 0 fully saturated rings. The van der Waals surface area contributed by atoms with Crippen molar-refractivity contribution in [2.24, 2.45) is 5.10 Å². The van der Waals surface area contributed by atoms with Crippen molar-refractivity contribution >= 4 is 27.5 Å². The van der Waals surface area contributed by atoms with Gasteiger partial charge in [-0.15, -0.1) is 0 Å². The minimum atomic E-state index is -0.206. The highest BCUT2D eigenvalue weighted by molar-refractivity contribution is 9.10. The van der Waals surface area contributed by atoms with Crippen LogP contribution in [0.1, 0.15) is 28.4 Å². The molecule has 102 valence electrons. The van der Waals surface area contributed by atoms with Crippen LogP contribution in [0.2, 0.25) is 0 Å². The summed E-state index contributed by atoms with van der Waals surface area (Å²) in [4.78, 5) is 12.0. The number of amides is 1. The van der Waals surface area contributed by atoms with Crippen LogP contribution < -0.4 is 5.43 Å². The highest BCUT2D eigenvalue weighted by Gasteiger charge is 2.05. The standard InChI is InChI=1S/C16H15BrN2O/c1-11-5-3-7-14(9-11)16(20)19-18-12(2)13-6-4-8-15(17)10-13/h3-10H,1-2H3,(H,19,20)/b18-12+. The van der Waals surface area contributed by atoms with E-state index in [1.54, 1.807) is 6.07 Å². The predicted octanol–water partition coefficient (Wildman–Crippen LogP) is 3.91. The van der Waals surface area contributed by atoms with Gasteiger partial charge in [-0.3, -0.25) is 4.79 Å². The van der Waals surface area contributed by atoms with E-state index in [2.05, 4.69) is 26.5 Å². The second-order valence-corrected chi connectivity index (χ2v) is 5.43. The van der Waals surface area contributed by atoms with E-state index in [9.17, 15) is 4.79 Å². The quantitative estimate of drug-likeness (QED) is 0.672. The van der Waals surface area contributed by atoms with E-state index in [0.29, 0.717) is 5.56 Å². The second-order valence-electron chi connectivity index (χ2n) is 4.52. The van der Waals surface area contributed by atoms with E-state index < -0.39 is 0 Å². The molecule has 0 bridgehead atoms. The first-order valence-corrected chi connectivity index (χ1v) is 7.03. The maximum absolute atomic E-state index is 12.0. The Balaban J connectivity index is 2.11. The molecule has 2 rings (SSSR count). The van der Waals surface area contributed by atoms with E-state index in [1.807, 2.05) is 56.3 Å². The first kappa shape index (κ1) is 14.5. The molecule has 0 aromatic heterocycles. The highest BCUT2D eigenvalue weighted by atomic mass is 79.9. The Morgan fingerprint density at radius 2 is 1.80 bits per heavy atom. The fraction of sp³-hybridized carbons (Fsp3) is 0.125. The van der Waals surface area contributed by atoms with E-state index in [4.69, 9.17) is 0 Å². The van der Waals surface area contributed by atoms with Crippen molar-refractivity contribution in [2.45, 2.75) is 13.8 Å². The van der Waals surface area contributed by atoms with Gasteiger partial charge < -0.3 is 0 Å². The van der Waals surface area contributed by atoms with Gasteiger partial charge in [-0.2, -0.15) is 5.10 Å². The Hall–Kier alpha value is -1.94. The van der Waals surface area contributed by atoms with Gasteiger partial charge in [0, 0.05) is 10.0 Å². The van der Waals surface area contributed by atoms with Crippen molar-refractivity contribution in [2.75, 3.05) is 0 Å². The van der Waals surface area contributed by atoms with Gasteiger partial charge in [-0.05, 0) is 43.7 Å². The average molecular weight is 331 g/mol. The molecule has 0 radical (unpaired) electrons. The number of carbonyl (C=O) groups is 1. The molecule has 0 spiro atoms. The van der Waals surface area contributed by atoms with Crippen molar-refractivity contribution in [1.29, 1.82) is 0 Å². The minimum Gasteiger partial charge on any atom is -0.267 e. The topological polar surface area (TPSA) is 41.5 Å². The van der Waals surface area contributed by atoms with Gasteiger partial charge in [-0.25, -0.2) is 5.43 Å². The number of halogens is 1. The molecule has 3 nitrogen and oxygen atoms in total. The molecular formula is C16H15BrN2O. The third-order valence-corrected chi connectivity index (χ3v) is 3.34. The molecule has 4 heteroatoms. The number of nitrogens with zero attached hydrogens (tertiary/aromatic N) is 1. The number of benzene rings is 2. The summed E-state index contributed by atoms with van der Waals surface area (Å²) in [5.41, 5.74) is 5.95. The lowest BCUT2D eigenvalue weighted by molar-refractivity contribution is 0.0954. The number of nitrogens with one attached hydrogen (secondary N) is 1. The van der Waals surface area contributed by atoms with Crippen LogP contribution in [-0.2, 0) is 0 Å². The molecule has 2 aromatic rings. The molecule has 1 amide bonds. The summed E-state index contributed by atoms with van der Waals surface area (Å²) < 4.78 is 0.981. The Labute approximate surface area is 126 Å². The van der Waals surface area contributed by atoms with Crippen molar-refractivity contribution < 1.29 is 4.79 Å². The summed E-state index contributed by atoms with van der Waals surface area (Å²) in [5, 5.41) is 4.14. The third kappa shape index (κ3) is 3.78. The van der Waals surface area contributed by atoms with Gasteiger partial charge in [0.1, 0.15) is 0 Å². The predicted molar refractivity (Wildman–Crippen MR) is 85.0 cm³/mol. The zero-order valence-electron chi connectivity index (χ0n) is 11.4. The lowest BCUT2D eigenvalue weighted by Crippen LogP contribution is -2.19. The summed E-state index contributed by atoms with van der Waals surface area (Å²) in [7, 11) is 0.